The lowest BCUT2D eigenvalue weighted by molar-refractivity contribution is 0.0926. The van der Waals surface area contributed by atoms with Crippen LogP contribution >= 0.6 is 15.9 Å². The third-order valence-electron chi connectivity index (χ3n) is 4.36. The minimum absolute atomic E-state index is 0.0592. The van der Waals surface area contributed by atoms with Gasteiger partial charge in [-0.15, -0.1) is 0 Å². The molecule has 3 aromatic rings. The second-order valence-electron chi connectivity index (χ2n) is 5.96. The van der Waals surface area contributed by atoms with Crippen molar-refractivity contribution in [3.63, 3.8) is 0 Å². The van der Waals surface area contributed by atoms with Gasteiger partial charge in [-0.1, -0.05) is 40.2 Å². The van der Waals surface area contributed by atoms with Gasteiger partial charge in [0.25, 0.3) is 11.8 Å². The lowest BCUT2D eigenvalue weighted by atomic mass is 10.0. The second kappa shape index (κ2) is 6.55. The number of benzene rings is 3. The lowest BCUT2D eigenvalue weighted by Gasteiger charge is -2.18. The van der Waals surface area contributed by atoms with Crippen molar-refractivity contribution in [2.45, 2.75) is 0 Å². The molecule has 3 aromatic carbocycles. The molecule has 0 saturated carbocycles. The van der Waals surface area contributed by atoms with Gasteiger partial charge in [0.2, 0.25) is 0 Å². The van der Waals surface area contributed by atoms with Crippen molar-refractivity contribution < 1.29 is 18.8 Å². The standard InChI is InChI=1S/C21H11BrFNO3/c22-12-9-10-18(16(11-12)19(25)15-7-3-4-8-17(15)23)24-20(26)13-5-1-2-6-14(13)21(24)27/h1-11H. The van der Waals surface area contributed by atoms with Crippen molar-refractivity contribution in [2.24, 2.45) is 0 Å². The van der Waals surface area contributed by atoms with E-state index in [1.165, 1.54) is 30.3 Å². The zero-order valence-corrected chi connectivity index (χ0v) is 15.4. The van der Waals surface area contributed by atoms with Crippen LogP contribution in [0.25, 0.3) is 0 Å². The molecule has 0 aliphatic carbocycles. The van der Waals surface area contributed by atoms with Crippen LogP contribution in [0.3, 0.4) is 0 Å². The molecule has 0 unspecified atom stereocenters. The van der Waals surface area contributed by atoms with E-state index in [0.717, 1.165) is 4.90 Å². The van der Waals surface area contributed by atoms with Gasteiger partial charge in [0.1, 0.15) is 5.82 Å². The molecule has 1 heterocycles. The van der Waals surface area contributed by atoms with E-state index in [1.54, 1.807) is 36.4 Å². The summed E-state index contributed by atoms with van der Waals surface area (Å²) >= 11 is 3.29. The molecule has 0 aromatic heterocycles. The number of carbonyl (C=O) groups excluding carboxylic acids is 3. The molecule has 0 spiro atoms. The molecule has 6 heteroatoms. The highest BCUT2D eigenvalue weighted by Gasteiger charge is 2.38. The molecule has 0 radical (unpaired) electrons. The molecule has 1 aliphatic rings. The third kappa shape index (κ3) is 2.78. The van der Waals surface area contributed by atoms with E-state index in [-0.39, 0.29) is 27.9 Å². The van der Waals surface area contributed by atoms with Crippen LogP contribution in [0.15, 0.2) is 71.2 Å². The monoisotopic (exact) mass is 423 g/mol. The number of fused-ring (bicyclic) bond motifs is 1. The number of nitrogens with zero attached hydrogens (tertiary/aromatic N) is 1. The summed E-state index contributed by atoms with van der Waals surface area (Å²) < 4.78 is 14.7. The van der Waals surface area contributed by atoms with Crippen LogP contribution in [-0.4, -0.2) is 17.6 Å². The molecule has 132 valence electrons. The van der Waals surface area contributed by atoms with E-state index in [1.807, 2.05) is 0 Å². The van der Waals surface area contributed by atoms with Crippen LogP contribution in [-0.2, 0) is 0 Å². The summed E-state index contributed by atoms with van der Waals surface area (Å²) in [6.07, 6.45) is 0. The van der Waals surface area contributed by atoms with Gasteiger partial charge in [-0.25, -0.2) is 9.29 Å². The highest BCUT2D eigenvalue weighted by atomic mass is 79.9. The first-order valence-corrected chi connectivity index (χ1v) is 8.85. The van der Waals surface area contributed by atoms with E-state index in [2.05, 4.69) is 15.9 Å². The van der Waals surface area contributed by atoms with Gasteiger partial charge in [0, 0.05) is 10.0 Å². The van der Waals surface area contributed by atoms with Crippen LogP contribution < -0.4 is 4.90 Å². The number of ketones is 1. The Hall–Kier alpha value is -3.12. The van der Waals surface area contributed by atoms with Crippen molar-refractivity contribution in [3.05, 3.63) is 99.3 Å². The van der Waals surface area contributed by atoms with Crippen LogP contribution in [0.1, 0.15) is 36.6 Å². The summed E-state index contributed by atoms with van der Waals surface area (Å²) in [4.78, 5) is 39.5. The molecule has 0 bridgehead atoms. The number of rotatable bonds is 3. The Morgan fingerprint density at radius 2 is 1.41 bits per heavy atom. The highest BCUT2D eigenvalue weighted by molar-refractivity contribution is 9.10. The smallest absolute Gasteiger partial charge is 0.266 e. The van der Waals surface area contributed by atoms with Gasteiger partial charge in [0.15, 0.2) is 5.78 Å². The molecule has 4 rings (SSSR count). The number of anilines is 1. The van der Waals surface area contributed by atoms with Crippen molar-refractivity contribution in [1.82, 2.24) is 0 Å². The Kier molecular flexibility index (Phi) is 4.20. The Bertz CT molecular complexity index is 1090. The first kappa shape index (κ1) is 17.3. The summed E-state index contributed by atoms with van der Waals surface area (Å²) in [6.45, 7) is 0. The topological polar surface area (TPSA) is 54.5 Å². The number of amides is 2. The van der Waals surface area contributed by atoms with Gasteiger partial charge < -0.3 is 0 Å². The summed E-state index contributed by atoms with van der Waals surface area (Å²) in [5, 5.41) is 0. The van der Waals surface area contributed by atoms with Gasteiger partial charge in [-0.2, -0.15) is 0 Å². The summed E-state index contributed by atoms with van der Waals surface area (Å²) in [7, 11) is 0. The van der Waals surface area contributed by atoms with Crippen LogP contribution in [0.4, 0.5) is 10.1 Å². The Morgan fingerprint density at radius 3 is 2.04 bits per heavy atom. The average molecular weight is 424 g/mol. The maximum absolute atomic E-state index is 14.1. The zero-order chi connectivity index (χ0) is 19.1. The minimum atomic E-state index is -0.671. The van der Waals surface area contributed by atoms with Gasteiger partial charge in [-0.3, -0.25) is 14.4 Å². The van der Waals surface area contributed by atoms with Crippen molar-refractivity contribution in [1.29, 1.82) is 0 Å². The third-order valence-corrected chi connectivity index (χ3v) is 4.85. The quantitative estimate of drug-likeness (QED) is 0.456. The molecule has 4 nitrogen and oxygen atoms in total. The zero-order valence-electron chi connectivity index (χ0n) is 13.8. The molecular weight excluding hydrogens is 413 g/mol. The van der Waals surface area contributed by atoms with Crippen molar-refractivity contribution >= 4 is 39.2 Å². The molecular formula is C21H11BrFNO3. The molecule has 0 fully saturated rings. The Balaban J connectivity index is 1.87. The Labute approximate surface area is 162 Å². The average Bonchev–Trinajstić information content (AvgIpc) is 2.93. The fourth-order valence-corrected chi connectivity index (χ4v) is 3.44. The first-order chi connectivity index (χ1) is 13.0. The number of carbonyl (C=O) groups is 3. The van der Waals surface area contributed by atoms with Crippen LogP contribution in [0.2, 0.25) is 0 Å². The number of hydrogen-bond acceptors (Lipinski definition) is 3. The molecule has 1 aliphatic heterocycles. The van der Waals surface area contributed by atoms with E-state index in [9.17, 15) is 18.8 Å². The van der Waals surface area contributed by atoms with Crippen molar-refractivity contribution in [2.75, 3.05) is 4.90 Å². The maximum Gasteiger partial charge on any atom is 0.266 e. The van der Waals surface area contributed by atoms with E-state index >= 15 is 0 Å². The predicted octanol–water partition coefficient (Wildman–Crippen LogP) is 4.62. The number of halogens is 2. The summed E-state index contributed by atoms with van der Waals surface area (Å²) in [5.41, 5.74) is 0.597. The predicted molar refractivity (Wildman–Crippen MR) is 102 cm³/mol. The summed E-state index contributed by atoms with van der Waals surface area (Å²) in [5.74, 6) is -2.31. The van der Waals surface area contributed by atoms with Crippen molar-refractivity contribution in [3.8, 4) is 0 Å². The largest absolute Gasteiger partial charge is 0.288 e. The number of hydrogen-bond donors (Lipinski definition) is 0. The fourth-order valence-electron chi connectivity index (χ4n) is 3.08. The highest BCUT2D eigenvalue weighted by Crippen LogP contribution is 2.33. The van der Waals surface area contributed by atoms with E-state index in [0.29, 0.717) is 4.47 Å². The number of imide groups is 1. The molecule has 27 heavy (non-hydrogen) atoms. The first-order valence-electron chi connectivity index (χ1n) is 8.05. The second-order valence-corrected chi connectivity index (χ2v) is 6.88. The van der Waals surface area contributed by atoms with Gasteiger partial charge in [-0.05, 0) is 42.5 Å². The van der Waals surface area contributed by atoms with E-state index in [4.69, 9.17) is 0 Å². The SMILES string of the molecule is O=C(c1ccccc1F)c1cc(Br)ccc1N1C(=O)c2ccccc2C1=O. The van der Waals surface area contributed by atoms with Crippen LogP contribution in [0.5, 0.6) is 0 Å². The maximum atomic E-state index is 14.1. The minimum Gasteiger partial charge on any atom is -0.288 e. The van der Waals surface area contributed by atoms with E-state index < -0.39 is 23.4 Å². The lowest BCUT2D eigenvalue weighted by Crippen LogP contribution is -2.31. The normalized spacial score (nSPS) is 13.0. The van der Waals surface area contributed by atoms with Gasteiger partial charge in [0.05, 0.1) is 22.4 Å². The molecule has 2 amide bonds. The Morgan fingerprint density at radius 1 is 0.815 bits per heavy atom. The molecule has 0 atom stereocenters. The fraction of sp³-hybridized carbons (Fsp3) is 0. The molecule has 0 saturated heterocycles. The summed E-state index contributed by atoms with van der Waals surface area (Å²) in [6, 6.07) is 16.6. The molecule has 0 N–H and O–H groups in total. The van der Waals surface area contributed by atoms with Gasteiger partial charge >= 0.3 is 0 Å². The van der Waals surface area contributed by atoms with Crippen LogP contribution in [0, 0.1) is 5.82 Å².